The molecule has 12 heteroatoms. The maximum absolute atomic E-state index is 13.2. The predicted octanol–water partition coefficient (Wildman–Crippen LogP) is 2.70. The Morgan fingerprint density at radius 1 is 1.50 bits per heavy atom. The number of hydrogen-bond donors (Lipinski definition) is 2. The number of amidine groups is 1. The van der Waals surface area contributed by atoms with Gasteiger partial charge in [0.15, 0.2) is 5.69 Å². The summed E-state index contributed by atoms with van der Waals surface area (Å²) in [5.74, 6) is -1.34. The van der Waals surface area contributed by atoms with Crippen LogP contribution < -0.4 is 10.3 Å². The van der Waals surface area contributed by atoms with Crippen LogP contribution in [0.2, 0.25) is 0 Å². The SMILES string of the molecule is C=N/C(CCS(=O)(=O)Nc1c(O)nc(CCCC)n([C@H]2CCCOC2)c1=O)=N\C=C(/C)F. The van der Waals surface area contributed by atoms with Gasteiger partial charge < -0.3 is 9.84 Å². The van der Waals surface area contributed by atoms with E-state index in [0.29, 0.717) is 31.9 Å². The number of allylic oxidation sites excluding steroid dienone is 1. The molecule has 0 radical (unpaired) electrons. The summed E-state index contributed by atoms with van der Waals surface area (Å²) in [4.78, 5) is 24.6. The average molecular weight is 472 g/mol. The topological polar surface area (TPSA) is 135 Å². The third kappa shape index (κ3) is 7.23. The monoisotopic (exact) mass is 471 g/mol. The van der Waals surface area contributed by atoms with Crippen molar-refractivity contribution < 1.29 is 22.7 Å². The van der Waals surface area contributed by atoms with Gasteiger partial charge in [-0.25, -0.2) is 22.8 Å². The van der Waals surface area contributed by atoms with Crippen molar-refractivity contribution >= 4 is 28.3 Å². The Morgan fingerprint density at radius 3 is 2.84 bits per heavy atom. The number of nitrogens with zero attached hydrogens (tertiary/aromatic N) is 4. The first-order valence-corrected chi connectivity index (χ1v) is 12.1. The number of hydrogen-bond acceptors (Lipinski definition) is 7. The lowest BCUT2D eigenvalue weighted by molar-refractivity contribution is 0.0564. The molecule has 0 aliphatic carbocycles. The van der Waals surface area contributed by atoms with Gasteiger partial charge in [-0.05, 0) is 32.9 Å². The fourth-order valence-electron chi connectivity index (χ4n) is 3.25. The molecule has 0 amide bonds. The number of aliphatic imine (C=N–C) groups is 2. The van der Waals surface area contributed by atoms with Crippen molar-refractivity contribution in [3.8, 4) is 5.88 Å². The van der Waals surface area contributed by atoms with Crippen molar-refractivity contribution in [2.45, 2.75) is 58.4 Å². The maximum Gasteiger partial charge on any atom is 0.282 e. The highest BCUT2D eigenvalue weighted by atomic mass is 32.2. The van der Waals surface area contributed by atoms with E-state index in [-0.39, 0.29) is 18.3 Å². The zero-order valence-corrected chi connectivity index (χ0v) is 19.2. The van der Waals surface area contributed by atoms with Crippen LogP contribution in [-0.4, -0.2) is 54.6 Å². The van der Waals surface area contributed by atoms with Crippen LogP contribution in [0.4, 0.5) is 10.1 Å². The van der Waals surface area contributed by atoms with Crippen molar-refractivity contribution in [3.05, 3.63) is 28.2 Å². The van der Waals surface area contributed by atoms with Crippen LogP contribution in [0.5, 0.6) is 5.88 Å². The largest absolute Gasteiger partial charge is 0.492 e. The van der Waals surface area contributed by atoms with Gasteiger partial charge in [-0.15, -0.1) is 0 Å². The Hall–Kier alpha value is -2.60. The van der Waals surface area contributed by atoms with Crippen molar-refractivity contribution in [1.29, 1.82) is 0 Å². The van der Waals surface area contributed by atoms with Crippen LogP contribution in [0.3, 0.4) is 0 Å². The van der Waals surface area contributed by atoms with Gasteiger partial charge >= 0.3 is 0 Å². The van der Waals surface area contributed by atoms with E-state index >= 15 is 0 Å². The number of anilines is 1. The van der Waals surface area contributed by atoms with Crippen LogP contribution in [0, 0.1) is 0 Å². The summed E-state index contributed by atoms with van der Waals surface area (Å²) >= 11 is 0. The smallest absolute Gasteiger partial charge is 0.282 e. The molecule has 0 saturated carbocycles. The molecule has 2 rings (SSSR count). The second-order valence-corrected chi connectivity index (χ2v) is 9.31. The summed E-state index contributed by atoms with van der Waals surface area (Å²) in [5, 5.41) is 10.3. The summed E-state index contributed by atoms with van der Waals surface area (Å²) in [6.45, 7) is 7.37. The van der Waals surface area contributed by atoms with Gasteiger partial charge in [0.2, 0.25) is 15.9 Å². The fourth-order valence-corrected chi connectivity index (χ4v) is 4.29. The van der Waals surface area contributed by atoms with Crippen LogP contribution in [0.25, 0.3) is 0 Å². The van der Waals surface area contributed by atoms with E-state index in [0.717, 1.165) is 25.5 Å². The Bertz CT molecular complexity index is 1030. The highest BCUT2D eigenvalue weighted by molar-refractivity contribution is 7.92. The van der Waals surface area contributed by atoms with E-state index < -0.39 is 38.7 Å². The Kier molecular flexibility index (Phi) is 9.51. The van der Waals surface area contributed by atoms with Gasteiger partial charge in [-0.1, -0.05) is 13.3 Å². The van der Waals surface area contributed by atoms with Gasteiger partial charge in [-0.3, -0.25) is 14.1 Å². The number of unbranched alkanes of at least 4 members (excludes halogenated alkanes) is 1. The molecule has 32 heavy (non-hydrogen) atoms. The van der Waals surface area contributed by atoms with Gasteiger partial charge in [0, 0.05) is 19.4 Å². The van der Waals surface area contributed by atoms with E-state index in [9.17, 15) is 22.7 Å². The number of aromatic nitrogens is 2. The first-order valence-electron chi connectivity index (χ1n) is 10.5. The summed E-state index contributed by atoms with van der Waals surface area (Å²) in [5.41, 5.74) is -1.19. The molecule has 10 nitrogen and oxygen atoms in total. The van der Waals surface area contributed by atoms with Gasteiger partial charge in [-0.2, -0.15) is 4.98 Å². The summed E-state index contributed by atoms with van der Waals surface area (Å²) in [7, 11) is -4.08. The minimum atomic E-state index is -4.08. The third-order valence-electron chi connectivity index (χ3n) is 4.85. The van der Waals surface area contributed by atoms with E-state index in [4.69, 9.17) is 4.74 Å². The zero-order valence-electron chi connectivity index (χ0n) is 18.4. The van der Waals surface area contributed by atoms with Crippen LogP contribution in [0.1, 0.15) is 57.8 Å². The summed E-state index contributed by atoms with van der Waals surface area (Å²) in [6.07, 6.45) is 4.27. The minimum absolute atomic E-state index is 0.0152. The van der Waals surface area contributed by atoms with Gasteiger partial charge in [0.05, 0.1) is 24.6 Å². The Balaban J connectivity index is 2.33. The van der Waals surface area contributed by atoms with Crippen molar-refractivity contribution in [1.82, 2.24) is 9.55 Å². The number of aryl methyl sites for hydroxylation is 1. The highest BCUT2D eigenvalue weighted by Gasteiger charge is 2.26. The third-order valence-corrected chi connectivity index (χ3v) is 6.11. The van der Waals surface area contributed by atoms with Crippen LogP contribution >= 0.6 is 0 Å². The quantitative estimate of drug-likeness (QED) is 0.398. The van der Waals surface area contributed by atoms with E-state index in [2.05, 4.69) is 26.4 Å². The molecule has 1 saturated heterocycles. The number of nitrogens with one attached hydrogen (secondary N) is 1. The molecule has 1 aromatic rings. The van der Waals surface area contributed by atoms with E-state index in [1.54, 1.807) is 0 Å². The molecule has 0 unspecified atom stereocenters. The van der Waals surface area contributed by atoms with E-state index in [1.807, 2.05) is 6.92 Å². The summed E-state index contributed by atoms with van der Waals surface area (Å²) < 4.78 is 47.0. The molecule has 0 spiro atoms. The number of rotatable bonds is 10. The molecule has 178 valence electrons. The molecular formula is C20H30FN5O5S. The molecule has 2 N–H and O–H groups in total. The van der Waals surface area contributed by atoms with Crippen LogP contribution in [-0.2, 0) is 21.2 Å². The van der Waals surface area contributed by atoms with Crippen LogP contribution in [0.15, 0.2) is 26.8 Å². The van der Waals surface area contributed by atoms with Gasteiger partial charge in [0.1, 0.15) is 17.5 Å². The fraction of sp³-hybridized carbons (Fsp3) is 0.600. The molecule has 1 fully saturated rings. The van der Waals surface area contributed by atoms with Crippen molar-refractivity contribution in [2.24, 2.45) is 9.98 Å². The second-order valence-electron chi connectivity index (χ2n) is 7.47. The first kappa shape index (κ1) is 25.7. The molecule has 0 bridgehead atoms. The second kappa shape index (κ2) is 11.9. The first-order chi connectivity index (χ1) is 15.2. The van der Waals surface area contributed by atoms with Gasteiger partial charge in [0.25, 0.3) is 5.56 Å². The number of halogens is 1. The lowest BCUT2D eigenvalue weighted by Gasteiger charge is -2.27. The molecule has 0 aromatic carbocycles. The maximum atomic E-state index is 13.2. The number of sulfonamides is 1. The Morgan fingerprint density at radius 2 is 2.25 bits per heavy atom. The minimum Gasteiger partial charge on any atom is -0.492 e. The van der Waals surface area contributed by atoms with Crippen molar-refractivity contribution in [2.75, 3.05) is 23.7 Å². The highest BCUT2D eigenvalue weighted by Crippen LogP contribution is 2.25. The van der Waals surface area contributed by atoms with E-state index in [1.165, 1.54) is 11.5 Å². The normalized spacial score (nSPS) is 17.9. The average Bonchev–Trinajstić information content (AvgIpc) is 2.75. The Labute approximate surface area is 187 Å². The molecule has 1 aromatic heterocycles. The number of aromatic hydroxyl groups is 1. The molecular weight excluding hydrogens is 441 g/mol. The predicted molar refractivity (Wildman–Crippen MR) is 122 cm³/mol. The summed E-state index contributed by atoms with van der Waals surface area (Å²) in [6, 6.07) is -0.293. The number of ether oxygens (including phenoxy) is 1. The van der Waals surface area contributed by atoms with Crippen molar-refractivity contribution in [3.63, 3.8) is 0 Å². The zero-order chi connectivity index (χ0) is 23.7. The standard InChI is InChI=1S/C20H30FN5O5S/c1-4-5-8-17-24-19(27)18(20(28)26(17)15-7-6-10-31-13-15)25-32(29,30)11-9-16(22-3)23-12-14(2)21/h12,15,25,27H,3-11,13H2,1-2H3/b14-12+,23-16-/t15-/m0/s1. The lowest BCUT2D eigenvalue weighted by atomic mass is 10.1. The molecule has 1 atom stereocenters. The molecule has 1 aliphatic heterocycles. The molecule has 1 aliphatic rings. The lowest BCUT2D eigenvalue weighted by Crippen LogP contribution is -2.36. The molecule has 2 heterocycles.